The summed E-state index contributed by atoms with van der Waals surface area (Å²) in [6.07, 6.45) is 2.98. The van der Waals surface area contributed by atoms with Crippen molar-refractivity contribution in [2.75, 3.05) is 30.8 Å². The Morgan fingerprint density at radius 3 is 2.23 bits per heavy atom. The highest BCUT2D eigenvalue weighted by Crippen LogP contribution is 2.47. The molecular weight excluding hydrogens is 605 g/mol. The number of anilines is 2. The standard InChI is InChI=1S/C35H34FN5O6/c1-20-15-24-18-37-19-28(20)41(24)34(44)47-31-17-27-26(16-30(31)45-2)29(11-14-38-27)46-25-9-7-23(8-10-25)40-33(43)35(12-13-35)32(42)39-22-5-3-21(36)4-6-22/h3-11,14,16-17,20,24,28,37H,12-13,15,18-19H2,1-2H3,(H,39,42)(H,40,43). The summed E-state index contributed by atoms with van der Waals surface area (Å²) >= 11 is 0. The van der Waals surface area contributed by atoms with Gasteiger partial charge >= 0.3 is 6.09 Å². The highest BCUT2D eigenvalue weighted by molar-refractivity contribution is 6.16. The summed E-state index contributed by atoms with van der Waals surface area (Å²) in [6, 6.07) is 17.5. The predicted molar refractivity (Wildman–Crippen MR) is 172 cm³/mol. The first-order valence-corrected chi connectivity index (χ1v) is 15.6. The maximum absolute atomic E-state index is 13.3. The molecule has 11 nitrogen and oxygen atoms in total. The van der Waals surface area contributed by atoms with Gasteiger partial charge in [-0.1, -0.05) is 6.92 Å². The highest BCUT2D eigenvalue weighted by Gasteiger charge is 2.56. The van der Waals surface area contributed by atoms with Crippen LogP contribution in [-0.2, 0) is 9.59 Å². The van der Waals surface area contributed by atoms with Gasteiger partial charge in [-0.25, -0.2) is 9.18 Å². The molecule has 12 heteroatoms. The molecule has 3 aromatic carbocycles. The van der Waals surface area contributed by atoms with E-state index in [0.717, 1.165) is 19.5 Å². The van der Waals surface area contributed by atoms with Gasteiger partial charge in [0.1, 0.15) is 22.7 Å². The Morgan fingerprint density at radius 1 is 0.915 bits per heavy atom. The SMILES string of the molecule is COc1cc2c(Oc3ccc(NC(=O)C4(C(=O)Nc5ccc(F)cc5)CC4)cc3)ccnc2cc1OC(=O)N1C2CNCC1C(C)C2. The van der Waals surface area contributed by atoms with Crippen LogP contribution in [0.15, 0.2) is 72.9 Å². The van der Waals surface area contributed by atoms with Crippen molar-refractivity contribution in [3.63, 3.8) is 0 Å². The van der Waals surface area contributed by atoms with E-state index in [9.17, 15) is 18.8 Å². The zero-order valence-corrected chi connectivity index (χ0v) is 25.9. The van der Waals surface area contributed by atoms with E-state index in [1.807, 2.05) is 4.90 Å². The second-order valence-corrected chi connectivity index (χ2v) is 12.3. The lowest BCUT2D eigenvalue weighted by Crippen LogP contribution is -2.55. The number of hydrogen-bond donors (Lipinski definition) is 3. The fourth-order valence-corrected chi connectivity index (χ4v) is 6.46. The number of carbonyl (C=O) groups is 3. The number of fused-ring (bicyclic) bond motifs is 3. The Hall–Kier alpha value is -5.23. The molecule has 3 heterocycles. The van der Waals surface area contributed by atoms with Crippen molar-refractivity contribution in [3.8, 4) is 23.0 Å². The van der Waals surface area contributed by atoms with E-state index in [4.69, 9.17) is 14.2 Å². The Morgan fingerprint density at radius 2 is 1.60 bits per heavy atom. The third-order valence-corrected chi connectivity index (χ3v) is 9.24. The van der Waals surface area contributed by atoms with Gasteiger partial charge in [-0.05, 0) is 85.8 Å². The molecule has 2 bridgehead atoms. The summed E-state index contributed by atoms with van der Waals surface area (Å²) in [6.45, 7) is 3.65. The second-order valence-electron chi connectivity index (χ2n) is 12.3. The monoisotopic (exact) mass is 639 g/mol. The molecule has 3 fully saturated rings. The average Bonchev–Trinajstić information content (AvgIpc) is 3.86. The van der Waals surface area contributed by atoms with Gasteiger partial charge in [-0.3, -0.25) is 19.5 Å². The second kappa shape index (κ2) is 12.2. The molecule has 0 radical (unpaired) electrons. The third-order valence-electron chi connectivity index (χ3n) is 9.24. The summed E-state index contributed by atoms with van der Waals surface area (Å²) in [5.74, 6) is 0.803. The Labute approximate surface area is 270 Å². The van der Waals surface area contributed by atoms with Crippen LogP contribution in [-0.4, -0.2) is 60.1 Å². The van der Waals surface area contributed by atoms with Crippen LogP contribution in [0.4, 0.5) is 20.6 Å². The number of aromatic nitrogens is 1. The molecule has 47 heavy (non-hydrogen) atoms. The molecule has 242 valence electrons. The molecule has 1 aromatic heterocycles. The Bertz CT molecular complexity index is 1850. The van der Waals surface area contributed by atoms with Gasteiger partial charge in [-0.2, -0.15) is 0 Å². The minimum absolute atomic E-state index is 0.0904. The molecule has 2 saturated heterocycles. The van der Waals surface area contributed by atoms with Gasteiger partial charge in [0.25, 0.3) is 0 Å². The smallest absolute Gasteiger partial charge is 0.415 e. The molecule has 3 N–H and O–H groups in total. The van der Waals surface area contributed by atoms with Crippen molar-refractivity contribution in [1.29, 1.82) is 0 Å². The van der Waals surface area contributed by atoms with Gasteiger partial charge in [-0.15, -0.1) is 0 Å². The van der Waals surface area contributed by atoms with E-state index < -0.39 is 29.1 Å². The number of halogens is 1. The molecule has 3 aliphatic rings. The molecule has 3 atom stereocenters. The van der Waals surface area contributed by atoms with E-state index in [2.05, 4.69) is 27.9 Å². The first kappa shape index (κ1) is 30.4. The van der Waals surface area contributed by atoms with Gasteiger partial charge in [0.15, 0.2) is 11.5 Å². The van der Waals surface area contributed by atoms with Crippen LogP contribution < -0.4 is 30.2 Å². The Balaban J connectivity index is 1.03. The number of carbonyl (C=O) groups excluding carboxylic acids is 3. The summed E-state index contributed by atoms with van der Waals surface area (Å²) in [4.78, 5) is 45.5. The molecular formula is C35H34FN5O6. The molecule has 1 aliphatic carbocycles. The summed E-state index contributed by atoms with van der Waals surface area (Å²) in [5.41, 5.74) is 0.310. The van der Waals surface area contributed by atoms with Crippen LogP contribution >= 0.6 is 0 Å². The van der Waals surface area contributed by atoms with Crippen LogP contribution in [0.3, 0.4) is 0 Å². The largest absolute Gasteiger partial charge is 0.493 e. The lowest BCUT2D eigenvalue weighted by Gasteiger charge is -2.35. The molecule has 7 rings (SSSR count). The Kier molecular flexibility index (Phi) is 7.88. The van der Waals surface area contributed by atoms with Crippen molar-refractivity contribution in [3.05, 3.63) is 78.7 Å². The normalized spacial score (nSPS) is 20.7. The van der Waals surface area contributed by atoms with Crippen LogP contribution in [0.2, 0.25) is 0 Å². The fraction of sp³-hybridized carbons (Fsp3) is 0.314. The van der Waals surface area contributed by atoms with E-state index in [1.165, 1.54) is 31.4 Å². The molecule has 1 saturated carbocycles. The lowest BCUT2D eigenvalue weighted by molar-refractivity contribution is -0.131. The minimum Gasteiger partial charge on any atom is -0.493 e. The van der Waals surface area contributed by atoms with E-state index in [0.29, 0.717) is 58.3 Å². The quantitative estimate of drug-likeness (QED) is 0.209. The summed E-state index contributed by atoms with van der Waals surface area (Å²) in [7, 11) is 1.51. The number of piperazine rings is 1. The number of ether oxygens (including phenoxy) is 3. The predicted octanol–water partition coefficient (Wildman–Crippen LogP) is 5.71. The average molecular weight is 640 g/mol. The minimum atomic E-state index is -1.17. The van der Waals surface area contributed by atoms with E-state index in [-0.39, 0.29) is 17.8 Å². The lowest BCUT2D eigenvalue weighted by atomic mass is 10.0. The maximum atomic E-state index is 13.3. The van der Waals surface area contributed by atoms with Crippen molar-refractivity contribution in [1.82, 2.24) is 15.2 Å². The molecule has 3 unspecified atom stereocenters. The maximum Gasteiger partial charge on any atom is 0.415 e. The number of nitrogens with one attached hydrogen (secondary N) is 3. The third kappa shape index (κ3) is 5.92. The van der Waals surface area contributed by atoms with Gasteiger partial charge in [0, 0.05) is 48.2 Å². The number of amides is 3. The first-order valence-electron chi connectivity index (χ1n) is 15.6. The van der Waals surface area contributed by atoms with Gasteiger partial charge in [0.05, 0.1) is 18.7 Å². The molecule has 0 spiro atoms. The summed E-state index contributed by atoms with van der Waals surface area (Å²) < 4.78 is 30.9. The van der Waals surface area contributed by atoms with Crippen LogP contribution in [0, 0.1) is 17.2 Å². The number of rotatable bonds is 8. The van der Waals surface area contributed by atoms with Crippen molar-refractivity contribution >= 4 is 40.2 Å². The number of benzene rings is 3. The molecule has 2 aliphatic heterocycles. The summed E-state index contributed by atoms with van der Waals surface area (Å²) in [5, 5.41) is 9.57. The fourth-order valence-electron chi connectivity index (χ4n) is 6.46. The highest BCUT2D eigenvalue weighted by atomic mass is 19.1. The van der Waals surface area contributed by atoms with Crippen LogP contribution in [0.1, 0.15) is 26.2 Å². The number of pyridine rings is 1. The van der Waals surface area contributed by atoms with E-state index in [1.54, 1.807) is 48.7 Å². The van der Waals surface area contributed by atoms with Crippen LogP contribution in [0.25, 0.3) is 10.9 Å². The van der Waals surface area contributed by atoms with Crippen molar-refractivity contribution in [2.24, 2.45) is 11.3 Å². The van der Waals surface area contributed by atoms with Crippen molar-refractivity contribution < 1.29 is 33.0 Å². The molecule has 3 amide bonds. The van der Waals surface area contributed by atoms with Gasteiger partial charge in [0.2, 0.25) is 11.8 Å². The zero-order valence-electron chi connectivity index (χ0n) is 25.9. The number of hydrogen-bond acceptors (Lipinski definition) is 8. The first-order chi connectivity index (χ1) is 22.7. The van der Waals surface area contributed by atoms with Crippen molar-refractivity contribution in [2.45, 2.75) is 38.3 Å². The number of nitrogens with zero attached hydrogens (tertiary/aromatic N) is 2. The van der Waals surface area contributed by atoms with Crippen LogP contribution in [0.5, 0.6) is 23.0 Å². The van der Waals surface area contributed by atoms with Gasteiger partial charge < -0.3 is 30.2 Å². The molecule has 4 aromatic rings. The van der Waals surface area contributed by atoms with E-state index >= 15 is 0 Å². The zero-order chi connectivity index (χ0) is 32.7. The number of methoxy groups -OCH3 is 1. The topological polar surface area (TPSA) is 131 Å².